The molecule has 3 amide bonds. The van der Waals surface area contributed by atoms with Crippen molar-refractivity contribution in [1.82, 2.24) is 10.6 Å². The largest absolute Gasteiger partial charge is 0.383 e. The summed E-state index contributed by atoms with van der Waals surface area (Å²) in [5.41, 5.74) is 2.30. The molecular weight excluding hydrogens is 396 g/mol. The average molecular weight is 427 g/mol. The van der Waals surface area contributed by atoms with Crippen LogP contribution in [-0.4, -0.2) is 51.1 Å². The van der Waals surface area contributed by atoms with Gasteiger partial charge in [0.05, 0.1) is 13.2 Å². The van der Waals surface area contributed by atoms with Gasteiger partial charge in [0.25, 0.3) is 11.8 Å². The second-order valence-electron chi connectivity index (χ2n) is 6.92. The highest BCUT2D eigenvalue weighted by molar-refractivity contribution is 5.98. The lowest BCUT2D eigenvalue weighted by Crippen LogP contribution is -2.27. The summed E-state index contributed by atoms with van der Waals surface area (Å²) in [6.45, 7) is 3.63. The number of carbonyl (C=O) groups is 3. The maximum Gasteiger partial charge on any atom is 0.251 e. The highest BCUT2D eigenvalue weighted by Crippen LogP contribution is 2.12. The van der Waals surface area contributed by atoms with Crippen molar-refractivity contribution in [1.29, 1.82) is 0 Å². The Labute approximate surface area is 182 Å². The van der Waals surface area contributed by atoms with Gasteiger partial charge in [-0.15, -0.1) is 0 Å². The lowest BCUT2D eigenvalue weighted by Gasteiger charge is -2.10. The molecule has 2 aromatic carbocycles. The van der Waals surface area contributed by atoms with E-state index in [1.54, 1.807) is 55.6 Å². The molecule has 8 heteroatoms. The highest BCUT2D eigenvalue weighted by Gasteiger charge is 2.08. The number of ether oxygens (including phenoxy) is 1. The second-order valence-corrected chi connectivity index (χ2v) is 6.92. The molecule has 4 N–H and O–H groups in total. The molecule has 0 aromatic heterocycles. The smallest absolute Gasteiger partial charge is 0.251 e. The SMILES string of the molecule is CCCCNC(=O)c1cccc(NC(=O)CNc2ccc(C(=O)NCCOC)cc2)c1. The van der Waals surface area contributed by atoms with Gasteiger partial charge in [0.1, 0.15) is 0 Å². The number of amides is 3. The second kappa shape index (κ2) is 13.0. The molecule has 0 fully saturated rings. The van der Waals surface area contributed by atoms with Gasteiger partial charge in [-0.05, 0) is 48.9 Å². The van der Waals surface area contributed by atoms with Crippen LogP contribution in [0.5, 0.6) is 0 Å². The van der Waals surface area contributed by atoms with Crippen LogP contribution in [0, 0.1) is 0 Å². The van der Waals surface area contributed by atoms with Crippen molar-refractivity contribution in [3.63, 3.8) is 0 Å². The van der Waals surface area contributed by atoms with Crippen molar-refractivity contribution in [2.45, 2.75) is 19.8 Å². The van der Waals surface area contributed by atoms with Crippen molar-refractivity contribution >= 4 is 29.1 Å². The number of hydrogen-bond acceptors (Lipinski definition) is 5. The summed E-state index contributed by atoms with van der Waals surface area (Å²) in [5.74, 6) is -0.584. The molecular formula is C23H30N4O4. The minimum absolute atomic E-state index is 0.0479. The lowest BCUT2D eigenvalue weighted by molar-refractivity contribution is -0.114. The van der Waals surface area contributed by atoms with Gasteiger partial charge in [0.2, 0.25) is 5.91 Å². The summed E-state index contributed by atoms with van der Waals surface area (Å²) < 4.78 is 4.90. The molecule has 0 saturated carbocycles. The molecule has 31 heavy (non-hydrogen) atoms. The molecule has 0 unspecified atom stereocenters. The van der Waals surface area contributed by atoms with Crippen molar-refractivity contribution in [3.05, 3.63) is 59.7 Å². The molecule has 166 valence electrons. The Hall–Kier alpha value is -3.39. The van der Waals surface area contributed by atoms with E-state index in [1.165, 1.54) is 0 Å². The van der Waals surface area contributed by atoms with Crippen LogP contribution in [0.3, 0.4) is 0 Å². The number of carbonyl (C=O) groups excluding carboxylic acids is 3. The van der Waals surface area contributed by atoms with E-state index in [9.17, 15) is 14.4 Å². The minimum Gasteiger partial charge on any atom is -0.383 e. The van der Waals surface area contributed by atoms with Crippen molar-refractivity contribution in [2.75, 3.05) is 44.0 Å². The van der Waals surface area contributed by atoms with Gasteiger partial charge in [0.15, 0.2) is 0 Å². The lowest BCUT2D eigenvalue weighted by atomic mass is 10.2. The molecule has 0 saturated heterocycles. The van der Waals surface area contributed by atoms with Gasteiger partial charge in [0, 0.05) is 42.7 Å². The summed E-state index contributed by atoms with van der Waals surface area (Å²) in [7, 11) is 1.57. The van der Waals surface area contributed by atoms with Gasteiger partial charge < -0.3 is 26.0 Å². The molecule has 2 aromatic rings. The van der Waals surface area contributed by atoms with Gasteiger partial charge in [-0.1, -0.05) is 19.4 Å². The first-order valence-corrected chi connectivity index (χ1v) is 10.3. The maximum atomic E-state index is 12.2. The summed E-state index contributed by atoms with van der Waals surface area (Å²) >= 11 is 0. The third-order valence-electron chi connectivity index (χ3n) is 4.42. The molecule has 0 spiro atoms. The van der Waals surface area contributed by atoms with E-state index < -0.39 is 0 Å². The Morgan fingerprint density at radius 2 is 1.58 bits per heavy atom. The third-order valence-corrected chi connectivity index (χ3v) is 4.42. The van der Waals surface area contributed by atoms with E-state index >= 15 is 0 Å². The Bertz CT molecular complexity index is 868. The van der Waals surface area contributed by atoms with E-state index in [4.69, 9.17) is 4.74 Å². The van der Waals surface area contributed by atoms with Crippen LogP contribution >= 0.6 is 0 Å². The summed E-state index contributed by atoms with van der Waals surface area (Å²) in [6.07, 6.45) is 1.93. The molecule has 0 bridgehead atoms. The highest BCUT2D eigenvalue weighted by atomic mass is 16.5. The Balaban J connectivity index is 1.82. The monoisotopic (exact) mass is 426 g/mol. The fourth-order valence-electron chi connectivity index (χ4n) is 2.71. The quantitative estimate of drug-likeness (QED) is 0.390. The number of benzene rings is 2. The van der Waals surface area contributed by atoms with Crippen LogP contribution in [0.25, 0.3) is 0 Å². The fourth-order valence-corrected chi connectivity index (χ4v) is 2.71. The van der Waals surface area contributed by atoms with Gasteiger partial charge >= 0.3 is 0 Å². The number of hydrogen-bond donors (Lipinski definition) is 4. The molecule has 2 rings (SSSR count). The predicted molar refractivity (Wildman–Crippen MR) is 121 cm³/mol. The third kappa shape index (κ3) is 8.47. The molecule has 0 aliphatic rings. The predicted octanol–water partition coefficient (Wildman–Crippen LogP) is 2.64. The number of anilines is 2. The molecule has 0 radical (unpaired) electrons. The minimum atomic E-state index is -0.245. The van der Waals surface area contributed by atoms with E-state index in [2.05, 4.69) is 28.2 Å². The van der Waals surface area contributed by atoms with Crippen LogP contribution in [0.4, 0.5) is 11.4 Å². The van der Waals surface area contributed by atoms with E-state index in [0.29, 0.717) is 42.2 Å². The molecule has 0 aliphatic carbocycles. The van der Waals surface area contributed by atoms with Crippen molar-refractivity contribution in [2.24, 2.45) is 0 Å². The topological polar surface area (TPSA) is 109 Å². The number of methoxy groups -OCH3 is 1. The molecule has 0 heterocycles. The standard InChI is InChI=1S/C23H30N4O4/c1-3-4-12-24-23(30)18-6-5-7-20(15-18)27-21(28)16-26-19-10-8-17(9-11-19)22(29)25-13-14-31-2/h5-11,15,26H,3-4,12-14,16H2,1-2H3,(H,24,30)(H,25,29)(H,27,28). The van der Waals surface area contributed by atoms with Crippen LogP contribution in [0.1, 0.15) is 40.5 Å². The summed E-state index contributed by atoms with van der Waals surface area (Å²) in [4.78, 5) is 36.4. The van der Waals surface area contributed by atoms with Gasteiger partial charge in [-0.3, -0.25) is 14.4 Å². The first-order chi connectivity index (χ1) is 15.0. The van der Waals surface area contributed by atoms with Crippen LogP contribution in [-0.2, 0) is 9.53 Å². The number of nitrogens with one attached hydrogen (secondary N) is 4. The van der Waals surface area contributed by atoms with E-state index in [1.807, 2.05) is 0 Å². The van der Waals surface area contributed by atoms with E-state index in [-0.39, 0.29) is 24.3 Å². The van der Waals surface area contributed by atoms with Crippen LogP contribution in [0.15, 0.2) is 48.5 Å². The van der Waals surface area contributed by atoms with Gasteiger partial charge in [-0.25, -0.2) is 0 Å². The van der Waals surface area contributed by atoms with Crippen LogP contribution < -0.4 is 21.3 Å². The average Bonchev–Trinajstić information content (AvgIpc) is 2.78. The zero-order chi connectivity index (χ0) is 22.5. The Morgan fingerprint density at radius 3 is 2.29 bits per heavy atom. The first kappa shape index (κ1) is 23.9. The zero-order valence-electron chi connectivity index (χ0n) is 18.0. The van der Waals surface area contributed by atoms with Crippen molar-refractivity contribution < 1.29 is 19.1 Å². The Morgan fingerprint density at radius 1 is 0.871 bits per heavy atom. The molecule has 0 aliphatic heterocycles. The summed E-state index contributed by atoms with van der Waals surface area (Å²) in [5, 5.41) is 11.4. The maximum absolute atomic E-state index is 12.2. The van der Waals surface area contributed by atoms with Gasteiger partial charge in [-0.2, -0.15) is 0 Å². The zero-order valence-corrected chi connectivity index (χ0v) is 18.0. The normalized spacial score (nSPS) is 10.3. The summed E-state index contributed by atoms with van der Waals surface area (Å²) in [6, 6.07) is 13.7. The first-order valence-electron chi connectivity index (χ1n) is 10.3. The number of rotatable bonds is 12. The fraction of sp³-hybridized carbons (Fsp3) is 0.348. The molecule has 8 nitrogen and oxygen atoms in total. The Kier molecular flexibility index (Phi) is 10.0. The molecule has 0 atom stereocenters. The van der Waals surface area contributed by atoms with E-state index in [0.717, 1.165) is 12.8 Å². The number of unbranched alkanes of at least 4 members (excludes halogenated alkanes) is 1. The van der Waals surface area contributed by atoms with Crippen molar-refractivity contribution in [3.8, 4) is 0 Å². The van der Waals surface area contributed by atoms with Crippen LogP contribution in [0.2, 0.25) is 0 Å².